The van der Waals surface area contributed by atoms with Crippen molar-refractivity contribution < 1.29 is 13.6 Å². The summed E-state index contributed by atoms with van der Waals surface area (Å²) in [5.74, 6) is -0.102. The molecule has 0 bridgehead atoms. The lowest BCUT2D eigenvalue weighted by atomic mass is 10.0. The highest BCUT2D eigenvalue weighted by Crippen LogP contribution is 2.33. The highest BCUT2D eigenvalue weighted by Gasteiger charge is 2.18. The molecule has 0 fully saturated rings. The Labute approximate surface area is 169 Å². The van der Waals surface area contributed by atoms with E-state index in [4.69, 9.17) is 20.4 Å². The molecule has 2 aromatic heterocycles. The van der Waals surface area contributed by atoms with E-state index in [2.05, 4.69) is 0 Å². The molecule has 0 unspecified atom stereocenters. The van der Waals surface area contributed by atoms with Crippen LogP contribution in [0.3, 0.4) is 0 Å². The van der Waals surface area contributed by atoms with Gasteiger partial charge in [0.25, 0.3) is 0 Å². The first-order valence-electron chi connectivity index (χ1n) is 8.96. The monoisotopic (exact) mass is 400 g/mol. The van der Waals surface area contributed by atoms with Crippen molar-refractivity contribution >= 4 is 39.3 Å². The van der Waals surface area contributed by atoms with Crippen molar-refractivity contribution in [2.24, 2.45) is 0 Å². The number of ketones is 1. The standard InChI is InChI=1S/C24H13ClO4/c25-16-8-6-15(7-9-16)23(27)21-12-19-20(28-21)11-10-17-18(13-22(26)29-24(17)19)14-4-2-1-3-5-14/h1-13H. The van der Waals surface area contributed by atoms with Crippen LogP contribution in [0.25, 0.3) is 33.1 Å². The zero-order chi connectivity index (χ0) is 20.0. The first kappa shape index (κ1) is 17.5. The SMILES string of the molecule is O=C(c1ccc(Cl)cc1)c1cc2c(ccc3c(-c4ccccc4)cc(=O)oc32)o1. The molecule has 0 aliphatic carbocycles. The first-order valence-corrected chi connectivity index (χ1v) is 9.34. The predicted octanol–water partition coefficient (Wildman–Crippen LogP) is 6.09. The molecule has 0 spiro atoms. The van der Waals surface area contributed by atoms with E-state index in [1.807, 2.05) is 36.4 Å². The molecule has 3 aromatic carbocycles. The molecule has 0 aliphatic heterocycles. The van der Waals surface area contributed by atoms with Gasteiger partial charge in [0.15, 0.2) is 5.76 Å². The fourth-order valence-corrected chi connectivity index (χ4v) is 3.57. The normalized spacial score (nSPS) is 11.2. The lowest BCUT2D eigenvalue weighted by molar-refractivity contribution is 0.101. The Kier molecular flexibility index (Phi) is 4.07. The molecule has 4 nitrogen and oxygen atoms in total. The van der Waals surface area contributed by atoms with E-state index in [1.54, 1.807) is 36.4 Å². The number of hydrogen-bond donors (Lipinski definition) is 0. The third-order valence-electron chi connectivity index (χ3n) is 4.82. The van der Waals surface area contributed by atoms with Gasteiger partial charge in [-0.25, -0.2) is 4.79 Å². The summed E-state index contributed by atoms with van der Waals surface area (Å²) in [6.45, 7) is 0. The van der Waals surface area contributed by atoms with E-state index in [0.717, 1.165) is 16.5 Å². The molecule has 0 aliphatic rings. The zero-order valence-corrected chi connectivity index (χ0v) is 15.8. The Bertz CT molecular complexity index is 1430. The molecule has 29 heavy (non-hydrogen) atoms. The quantitative estimate of drug-likeness (QED) is 0.271. The Morgan fingerprint density at radius 2 is 1.55 bits per heavy atom. The zero-order valence-electron chi connectivity index (χ0n) is 15.0. The third-order valence-corrected chi connectivity index (χ3v) is 5.07. The number of hydrogen-bond acceptors (Lipinski definition) is 4. The van der Waals surface area contributed by atoms with E-state index < -0.39 is 5.63 Å². The van der Waals surface area contributed by atoms with Crippen molar-refractivity contribution in [1.29, 1.82) is 0 Å². The van der Waals surface area contributed by atoms with Gasteiger partial charge in [0.1, 0.15) is 11.2 Å². The summed E-state index contributed by atoms with van der Waals surface area (Å²) >= 11 is 5.90. The minimum Gasteiger partial charge on any atom is -0.452 e. The minimum absolute atomic E-state index is 0.169. The number of benzene rings is 3. The van der Waals surface area contributed by atoms with Crippen LogP contribution in [0, 0.1) is 0 Å². The van der Waals surface area contributed by atoms with E-state index in [-0.39, 0.29) is 11.5 Å². The Balaban J connectivity index is 1.71. The summed E-state index contributed by atoms with van der Waals surface area (Å²) < 4.78 is 11.3. The van der Waals surface area contributed by atoms with Gasteiger partial charge in [0, 0.05) is 22.0 Å². The van der Waals surface area contributed by atoms with Crippen molar-refractivity contribution in [2.45, 2.75) is 0 Å². The van der Waals surface area contributed by atoms with Crippen LogP contribution in [0.15, 0.2) is 92.5 Å². The summed E-state index contributed by atoms with van der Waals surface area (Å²) in [7, 11) is 0. The van der Waals surface area contributed by atoms with Gasteiger partial charge >= 0.3 is 5.63 Å². The lowest BCUT2D eigenvalue weighted by Gasteiger charge is -2.05. The lowest BCUT2D eigenvalue weighted by Crippen LogP contribution is -1.99. The molecule has 140 valence electrons. The van der Waals surface area contributed by atoms with E-state index in [0.29, 0.717) is 27.1 Å². The van der Waals surface area contributed by atoms with Gasteiger partial charge in [-0.1, -0.05) is 41.9 Å². The minimum atomic E-state index is -0.462. The Morgan fingerprint density at radius 1 is 0.793 bits per heavy atom. The molecule has 5 rings (SSSR count). The second-order valence-electron chi connectivity index (χ2n) is 6.65. The van der Waals surface area contributed by atoms with Crippen molar-refractivity contribution in [2.75, 3.05) is 0 Å². The number of fused-ring (bicyclic) bond motifs is 3. The molecule has 0 radical (unpaired) electrons. The fourth-order valence-electron chi connectivity index (χ4n) is 3.45. The highest BCUT2D eigenvalue weighted by atomic mass is 35.5. The maximum Gasteiger partial charge on any atom is 0.336 e. The van der Waals surface area contributed by atoms with Crippen LogP contribution in [0.4, 0.5) is 0 Å². The van der Waals surface area contributed by atoms with Gasteiger partial charge in [0.05, 0.1) is 5.39 Å². The number of furan rings is 1. The van der Waals surface area contributed by atoms with Crippen LogP contribution in [-0.4, -0.2) is 5.78 Å². The largest absolute Gasteiger partial charge is 0.452 e. The summed E-state index contributed by atoms with van der Waals surface area (Å²) in [5.41, 5.74) is 2.55. The summed E-state index contributed by atoms with van der Waals surface area (Å²) in [6, 6.07) is 22.9. The van der Waals surface area contributed by atoms with Crippen LogP contribution < -0.4 is 5.63 Å². The predicted molar refractivity (Wildman–Crippen MR) is 113 cm³/mol. The molecule has 2 heterocycles. The summed E-state index contributed by atoms with van der Waals surface area (Å²) in [6.07, 6.45) is 0. The second-order valence-corrected chi connectivity index (χ2v) is 7.08. The maximum atomic E-state index is 12.8. The van der Waals surface area contributed by atoms with Gasteiger partial charge in [-0.3, -0.25) is 4.79 Å². The van der Waals surface area contributed by atoms with Crippen molar-refractivity contribution in [1.82, 2.24) is 0 Å². The van der Waals surface area contributed by atoms with E-state index in [9.17, 15) is 9.59 Å². The van der Waals surface area contributed by atoms with E-state index in [1.165, 1.54) is 6.07 Å². The second kappa shape index (κ2) is 6.76. The molecule has 0 saturated carbocycles. The van der Waals surface area contributed by atoms with E-state index >= 15 is 0 Å². The average molecular weight is 401 g/mol. The Hall–Kier alpha value is -3.63. The van der Waals surface area contributed by atoms with Crippen LogP contribution in [0.1, 0.15) is 16.1 Å². The number of rotatable bonds is 3. The molecule has 5 aromatic rings. The van der Waals surface area contributed by atoms with Crippen LogP contribution >= 0.6 is 11.6 Å². The molecular weight excluding hydrogens is 388 g/mol. The van der Waals surface area contributed by atoms with Gasteiger partial charge in [-0.05, 0) is 53.6 Å². The van der Waals surface area contributed by atoms with Crippen molar-refractivity contribution in [3.05, 3.63) is 106 Å². The average Bonchev–Trinajstić information content (AvgIpc) is 3.19. The third kappa shape index (κ3) is 3.04. The smallest absolute Gasteiger partial charge is 0.336 e. The van der Waals surface area contributed by atoms with Gasteiger partial charge < -0.3 is 8.83 Å². The summed E-state index contributed by atoms with van der Waals surface area (Å²) in [4.78, 5) is 25.0. The molecular formula is C24H13ClO4. The number of halogens is 1. The topological polar surface area (TPSA) is 60.4 Å². The van der Waals surface area contributed by atoms with Gasteiger partial charge in [-0.15, -0.1) is 0 Å². The number of carbonyl (C=O) groups is 1. The van der Waals surface area contributed by atoms with Gasteiger partial charge in [-0.2, -0.15) is 0 Å². The Morgan fingerprint density at radius 3 is 2.31 bits per heavy atom. The first-order chi connectivity index (χ1) is 14.1. The van der Waals surface area contributed by atoms with Crippen LogP contribution in [0.5, 0.6) is 0 Å². The summed E-state index contributed by atoms with van der Waals surface area (Å²) in [5, 5.41) is 1.90. The number of carbonyl (C=O) groups excluding carboxylic acids is 1. The molecule has 0 N–H and O–H groups in total. The molecule has 0 amide bonds. The highest BCUT2D eigenvalue weighted by molar-refractivity contribution is 6.30. The molecule has 5 heteroatoms. The van der Waals surface area contributed by atoms with Crippen LogP contribution in [-0.2, 0) is 0 Å². The fraction of sp³-hybridized carbons (Fsp3) is 0. The van der Waals surface area contributed by atoms with Gasteiger partial charge in [0.2, 0.25) is 5.78 Å². The molecule has 0 atom stereocenters. The maximum absolute atomic E-state index is 12.8. The molecule has 0 saturated heterocycles. The van der Waals surface area contributed by atoms with Crippen molar-refractivity contribution in [3.8, 4) is 11.1 Å². The van der Waals surface area contributed by atoms with Crippen LogP contribution in [0.2, 0.25) is 5.02 Å². The van der Waals surface area contributed by atoms with Crippen molar-refractivity contribution in [3.63, 3.8) is 0 Å².